The molecular formula is C11H23NO2. The fraction of sp³-hybridized carbons (Fsp3) is 1.00. The van der Waals surface area contributed by atoms with E-state index in [2.05, 4.69) is 18.9 Å². The smallest absolute Gasteiger partial charge is 0.0698 e. The van der Waals surface area contributed by atoms with Crippen LogP contribution in [0.25, 0.3) is 0 Å². The highest BCUT2D eigenvalue weighted by Gasteiger charge is 2.35. The largest absolute Gasteiger partial charge is 0.390 e. The third kappa shape index (κ3) is 2.94. The molecule has 0 aromatic rings. The van der Waals surface area contributed by atoms with E-state index in [4.69, 9.17) is 4.74 Å². The Morgan fingerprint density at radius 1 is 1.43 bits per heavy atom. The van der Waals surface area contributed by atoms with Gasteiger partial charge in [0.1, 0.15) is 0 Å². The quantitative estimate of drug-likeness (QED) is 0.739. The van der Waals surface area contributed by atoms with Gasteiger partial charge in [0.05, 0.1) is 5.60 Å². The van der Waals surface area contributed by atoms with E-state index in [0.29, 0.717) is 5.92 Å². The fourth-order valence-electron chi connectivity index (χ4n) is 2.06. The van der Waals surface area contributed by atoms with Crippen LogP contribution >= 0.6 is 0 Å². The van der Waals surface area contributed by atoms with Crippen molar-refractivity contribution in [3.8, 4) is 0 Å². The molecule has 1 saturated heterocycles. The predicted octanol–water partition coefficient (Wildman–Crippen LogP) is 1.12. The molecule has 0 aliphatic carbocycles. The molecule has 1 fully saturated rings. The Balaban J connectivity index is 2.40. The van der Waals surface area contributed by atoms with Crippen LogP contribution in [0.15, 0.2) is 0 Å². The topological polar surface area (TPSA) is 32.7 Å². The minimum Gasteiger partial charge on any atom is -0.390 e. The van der Waals surface area contributed by atoms with Crippen molar-refractivity contribution < 1.29 is 9.84 Å². The minimum atomic E-state index is -0.453. The lowest BCUT2D eigenvalue weighted by Gasteiger charge is -2.40. The molecule has 0 saturated carbocycles. The Kier molecular flexibility index (Phi) is 4.35. The molecule has 0 amide bonds. The average molecular weight is 201 g/mol. The molecule has 1 heterocycles. The third-order valence-corrected chi connectivity index (χ3v) is 3.53. The van der Waals surface area contributed by atoms with E-state index in [9.17, 15) is 5.11 Å². The van der Waals surface area contributed by atoms with E-state index >= 15 is 0 Å². The first-order chi connectivity index (χ1) is 6.58. The molecular weight excluding hydrogens is 178 g/mol. The van der Waals surface area contributed by atoms with E-state index in [1.54, 1.807) is 7.11 Å². The first kappa shape index (κ1) is 12.0. The van der Waals surface area contributed by atoms with Crippen LogP contribution in [0, 0.1) is 5.92 Å². The second-order valence-electron chi connectivity index (χ2n) is 4.59. The summed E-state index contributed by atoms with van der Waals surface area (Å²) in [6.07, 6.45) is 2.75. The van der Waals surface area contributed by atoms with Crippen LogP contribution in [0.4, 0.5) is 0 Å². The number of hydrogen-bond acceptors (Lipinski definition) is 3. The molecule has 1 N–H and O–H groups in total. The van der Waals surface area contributed by atoms with E-state index in [1.165, 1.54) is 0 Å². The van der Waals surface area contributed by atoms with Gasteiger partial charge in [0.25, 0.3) is 0 Å². The summed E-state index contributed by atoms with van der Waals surface area (Å²) in [5.74, 6) is 0.344. The molecule has 14 heavy (non-hydrogen) atoms. The fourth-order valence-corrected chi connectivity index (χ4v) is 2.06. The maximum absolute atomic E-state index is 10.4. The second kappa shape index (κ2) is 5.10. The minimum absolute atomic E-state index is 0.344. The summed E-state index contributed by atoms with van der Waals surface area (Å²) in [6.45, 7) is 4.89. The lowest BCUT2D eigenvalue weighted by molar-refractivity contribution is -0.0647. The number of ether oxygens (including phenoxy) is 1. The molecule has 0 spiro atoms. The number of likely N-dealkylation sites (tertiary alicyclic amines) is 1. The van der Waals surface area contributed by atoms with Gasteiger partial charge < -0.3 is 14.7 Å². The maximum atomic E-state index is 10.4. The summed E-state index contributed by atoms with van der Waals surface area (Å²) in [5, 5.41) is 10.4. The average Bonchev–Trinajstić information content (AvgIpc) is 2.19. The van der Waals surface area contributed by atoms with Crippen molar-refractivity contribution in [3.05, 3.63) is 0 Å². The number of rotatable bonds is 4. The standard InChI is InChI=1S/C11H23NO2/c1-10(4-9-14-3)11(13)5-7-12(2)8-6-11/h10,13H,4-9H2,1-3H3. The number of piperidine rings is 1. The Labute approximate surface area is 87.1 Å². The van der Waals surface area contributed by atoms with Crippen molar-refractivity contribution in [3.63, 3.8) is 0 Å². The van der Waals surface area contributed by atoms with Gasteiger partial charge in [-0.05, 0) is 32.2 Å². The molecule has 0 aromatic heterocycles. The summed E-state index contributed by atoms with van der Waals surface area (Å²) in [7, 11) is 3.82. The van der Waals surface area contributed by atoms with Crippen molar-refractivity contribution >= 4 is 0 Å². The zero-order chi connectivity index (χ0) is 10.6. The van der Waals surface area contributed by atoms with E-state index in [-0.39, 0.29) is 0 Å². The van der Waals surface area contributed by atoms with Crippen LogP contribution in [0.1, 0.15) is 26.2 Å². The van der Waals surface area contributed by atoms with Gasteiger partial charge in [-0.3, -0.25) is 0 Å². The molecule has 0 bridgehead atoms. The van der Waals surface area contributed by atoms with Gasteiger partial charge in [-0.1, -0.05) is 6.92 Å². The van der Waals surface area contributed by atoms with E-state index < -0.39 is 5.60 Å². The molecule has 1 unspecified atom stereocenters. The van der Waals surface area contributed by atoms with Crippen LogP contribution < -0.4 is 0 Å². The summed E-state index contributed by atoms with van der Waals surface area (Å²) in [4.78, 5) is 2.28. The number of methoxy groups -OCH3 is 1. The first-order valence-electron chi connectivity index (χ1n) is 5.48. The summed E-state index contributed by atoms with van der Waals surface area (Å²) < 4.78 is 5.05. The van der Waals surface area contributed by atoms with E-state index in [0.717, 1.165) is 39.0 Å². The summed E-state index contributed by atoms with van der Waals surface area (Å²) in [6, 6.07) is 0. The van der Waals surface area contributed by atoms with Gasteiger partial charge in [0.15, 0.2) is 0 Å². The van der Waals surface area contributed by atoms with Crippen LogP contribution in [0.3, 0.4) is 0 Å². The third-order valence-electron chi connectivity index (χ3n) is 3.53. The zero-order valence-electron chi connectivity index (χ0n) is 9.62. The Hall–Kier alpha value is -0.120. The summed E-state index contributed by atoms with van der Waals surface area (Å²) >= 11 is 0. The molecule has 1 aliphatic rings. The Morgan fingerprint density at radius 3 is 2.50 bits per heavy atom. The molecule has 84 valence electrons. The van der Waals surface area contributed by atoms with Gasteiger partial charge in [0.2, 0.25) is 0 Å². The second-order valence-corrected chi connectivity index (χ2v) is 4.59. The molecule has 0 radical (unpaired) electrons. The zero-order valence-corrected chi connectivity index (χ0v) is 9.62. The summed E-state index contributed by atoms with van der Waals surface area (Å²) in [5.41, 5.74) is -0.453. The molecule has 3 nitrogen and oxygen atoms in total. The van der Waals surface area contributed by atoms with Crippen LogP contribution in [0.2, 0.25) is 0 Å². The highest BCUT2D eigenvalue weighted by atomic mass is 16.5. The van der Waals surface area contributed by atoms with Crippen LogP contribution in [-0.4, -0.2) is 49.5 Å². The maximum Gasteiger partial charge on any atom is 0.0698 e. The molecule has 1 rings (SSSR count). The first-order valence-corrected chi connectivity index (χ1v) is 5.48. The van der Waals surface area contributed by atoms with Gasteiger partial charge >= 0.3 is 0 Å². The van der Waals surface area contributed by atoms with E-state index in [1.807, 2.05) is 0 Å². The van der Waals surface area contributed by atoms with Gasteiger partial charge in [-0.2, -0.15) is 0 Å². The highest BCUT2D eigenvalue weighted by molar-refractivity contribution is 4.89. The Morgan fingerprint density at radius 2 is 2.00 bits per heavy atom. The monoisotopic (exact) mass is 201 g/mol. The predicted molar refractivity (Wildman–Crippen MR) is 57.3 cm³/mol. The SMILES string of the molecule is COCCC(C)C1(O)CCN(C)CC1. The molecule has 0 aromatic carbocycles. The van der Waals surface area contributed by atoms with Crippen molar-refractivity contribution in [1.82, 2.24) is 4.90 Å². The van der Waals surface area contributed by atoms with Crippen molar-refractivity contribution in [2.75, 3.05) is 33.9 Å². The van der Waals surface area contributed by atoms with Crippen LogP contribution in [0.5, 0.6) is 0 Å². The van der Waals surface area contributed by atoms with Gasteiger partial charge in [0, 0.05) is 26.8 Å². The lowest BCUT2D eigenvalue weighted by atomic mass is 9.79. The van der Waals surface area contributed by atoms with Gasteiger partial charge in [-0.15, -0.1) is 0 Å². The Bertz CT molecular complexity index is 165. The normalized spacial score (nSPS) is 24.9. The molecule has 1 atom stereocenters. The van der Waals surface area contributed by atoms with Gasteiger partial charge in [-0.25, -0.2) is 0 Å². The van der Waals surface area contributed by atoms with Crippen molar-refractivity contribution in [1.29, 1.82) is 0 Å². The van der Waals surface area contributed by atoms with Crippen molar-refractivity contribution in [2.24, 2.45) is 5.92 Å². The van der Waals surface area contributed by atoms with Crippen LogP contribution in [-0.2, 0) is 4.74 Å². The lowest BCUT2D eigenvalue weighted by Crippen LogP contribution is -2.47. The van der Waals surface area contributed by atoms with Crippen molar-refractivity contribution in [2.45, 2.75) is 31.8 Å². The number of aliphatic hydroxyl groups is 1. The molecule has 1 aliphatic heterocycles. The number of nitrogens with zero attached hydrogens (tertiary/aromatic N) is 1. The number of hydrogen-bond donors (Lipinski definition) is 1. The highest BCUT2D eigenvalue weighted by Crippen LogP contribution is 2.31. The molecule has 3 heteroatoms.